The van der Waals surface area contributed by atoms with Crippen LogP contribution >= 0.6 is 15.9 Å². The van der Waals surface area contributed by atoms with E-state index < -0.39 is 0 Å². The standard InChI is InChI=1S/C12H9BrN4O/c1-18-12-14-5-8(6-15-12)17-11-4-2-3-10(13)9(11)7-16-17/h2-7H,1H3. The van der Waals surface area contributed by atoms with Crippen molar-refractivity contribution < 1.29 is 4.74 Å². The summed E-state index contributed by atoms with van der Waals surface area (Å²) in [4.78, 5) is 8.15. The molecule has 0 unspecified atom stereocenters. The van der Waals surface area contributed by atoms with E-state index in [0.29, 0.717) is 6.01 Å². The van der Waals surface area contributed by atoms with Crippen LogP contribution < -0.4 is 4.74 Å². The molecular weight excluding hydrogens is 296 g/mol. The first kappa shape index (κ1) is 11.2. The van der Waals surface area contributed by atoms with Crippen molar-refractivity contribution in [3.05, 3.63) is 41.3 Å². The van der Waals surface area contributed by atoms with Crippen LogP contribution in [0.4, 0.5) is 0 Å². The van der Waals surface area contributed by atoms with Gasteiger partial charge in [0, 0.05) is 9.86 Å². The summed E-state index contributed by atoms with van der Waals surface area (Å²) in [6, 6.07) is 6.29. The number of rotatable bonds is 2. The van der Waals surface area contributed by atoms with Crippen LogP contribution in [0.15, 0.2) is 41.3 Å². The van der Waals surface area contributed by atoms with Crippen molar-refractivity contribution in [1.82, 2.24) is 19.7 Å². The van der Waals surface area contributed by atoms with Gasteiger partial charge in [0.2, 0.25) is 0 Å². The van der Waals surface area contributed by atoms with Crippen LogP contribution in [0.5, 0.6) is 6.01 Å². The number of hydrogen-bond acceptors (Lipinski definition) is 4. The molecular formula is C12H9BrN4O. The molecule has 0 N–H and O–H groups in total. The number of aromatic nitrogens is 4. The molecule has 0 atom stereocenters. The molecule has 2 aromatic heterocycles. The molecule has 3 rings (SSSR count). The van der Waals surface area contributed by atoms with Crippen molar-refractivity contribution in [2.75, 3.05) is 7.11 Å². The van der Waals surface area contributed by atoms with Gasteiger partial charge in [-0.25, -0.2) is 14.6 Å². The third kappa shape index (κ3) is 1.74. The van der Waals surface area contributed by atoms with Crippen molar-refractivity contribution in [1.29, 1.82) is 0 Å². The minimum atomic E-state index is 0.344. The number of hydrogen-bond donors (Lipinski definition) is 0. The first-order valence-corrected chi connectivity index (χ1v) is 6.07. The molecule has 3 aromatic rings. The first-order chi connectivity index (χ1) is 8.79. The highest BCUT2D eigenvalue weighted by Crippen LogP contribution is 2.25. The third-order valence-corrected chi connectivity index (χ3v) is 3.29. The molecule has 2 heterocycles. The number of methoxy groups -OCH3 is 1. The lowest BCUT2D eigenvalue weighted by Crippen LogP contribution is -1.99. The van der Waals surface area contributed by atoms with E-state index in [1.807, 2.05) is 24.4 Å². The number of ether oxygens (including phenoxy) is 1. The molecule has 0 amide bonds. The quantitative estimate of drug-likeness (QED) is 0.730. The Morgan fingerprint density at radius 2 is 1.94 bits per heavy atom. The molecule has 6 heteroatoms. The Bertz CT molecular complexity index is 693. The van der Waals surface area contributed by atoms with Crippen LogP contribution in [0.25, 0.3) is 16.6 Å². The van der Waals surface area contributed by atoms with E-state index >= 15 is 0 Å². The molecule has 0 radical (unpaired) electrons. The predicted molar refractivity (Wildman–Crippen MR) is 70.9 cm³/mol. The van der Waals surface area contributed by atoms with E-state index in [1.54, 1.807) is 17.1 Å². The van der Waals surface area contributed by atoms with Gasteiger partial charge in [-0.3, -0.25) is 0 Å². The maximum atomic E-state index is 4.93. The zero-order valence-corrected chi connectivity index (χ0v) is 11.1. The number of nitrogens with zero attached hydrogens (tertiary/aromatic N) is 4. The lowest BCUT2D eigenvalue weighted by Gasteiger charge is -2.03. The normalized spacial score (nSPS) is 10.8. The van der Waals surface area contributed by atoms with E-state index in [2.05, 4.69) is 31.0 Å². The molecule has 18 heavy (non-hydrogen) atoms. The van der Waals surface area contributed by atoms with E-state index in [1.165, 1.54) is 7.11 Å². The molecule has 0 aliphatic heterocycles. The monoisotopic (exact) mass is 304 g/mol. The summed E-state index contributed by atoms with van der Waals surface area (Å²) in [5.41, 5.74) is 1.79. The number of benzene rings is 1. The Labute approximate surface area is 112 Å². The second-order valence-corrected chi connectivity index (χ2v) is 4.51. The van der Waals surface area contributed by atoms with Crippen LogP contribution in [-0.2, 0) is 0 Å². The lowest BCUT2D eigenvalue weighted by atomic mass is 10.2. The van der Waals surface area contributed by atoms with E-state index in [0.717, 1.165) is 21.1 Å². The van der Waals surface area contributed by atoms with Crippen LogP contribution in [-0.4, -0.2) is 26.9 Å². The molecule has 90 valence electrons. The third-order valence-electron chi connectivity index (χ3n) is 2.60. The van der Waals surface area contributed by atoms with Gasteiger partial charge in [0.05, 0.1) is 31.2 Å². The smallest absolute Gasteiger partial charge is 0.316 e. The maximum Gasteiger partial charge on any atom is 0.316 e. The van der Waals surface area contributed by atoms with Gasteiger partial charge in [-0.1, -0.05) is 22.0 Å². The average molecular weight is 305 g/mol. The Hall–Kier alpha value is -1.95. The Morgan fingerprint density at radius 1 is 1.17 bits per heavy atom. The fraction of sp³-hybridized carbons (Fsp3) is 0.0833. The van der Waals surface area contributed by atoms with Crippen molar-refractivity contribution in [2.45, 2.75) is 0 Å². The van der Waals surface area contributed by atoms with Crippen LogP contribution in [0.3, 0.4) is 0 Å². The summed E-state index contributed by atoms with van der Waals surface area (Å²) >= 11 is 3.50. The van der Waals surface area contributed by atoms with Gasteiger partial charge in [0.1, 0.15) is 5.69 Å². The van der Waals surface area contributed by atoms with Gasteiger partial charge < -0.3 is 4.74 Å². The number of fused-ring (bicyclic) bond motifs is 1. The zero-order valence-electron chi connectivity index (χ0n) is 9.54. The highest BCUT2D eigenvalue weighted by atomic mass is 79.9. The van der Waals surface area contributed by atoms with Gasteiger partial charge in [0.25, 0.3) is 0 Å². The Kier molecular flexibility index (Phi) is 2.71. The van der Waals surface area contributed by atoms with Gasteiger partial charge in [-0.2, -0.15) is 5.10 Å². The molecule has 0 bridgehead atoms. The van der Waals surface area contributed by atoms with E-state index in [-0.39, 0.29) is 0 Å². The SMILES string of the molecule is COc1ncc(-n2ncc3c(Br)cccc32)cn1. The second-order valence-electron chi connectivity index (χ2n) is 3.66. The van der Waals surface area contributed by atoms with Gasteiger partial charge >= 0.3 is 6.01 Å². The van der Waals surface area contributed by atoms with E-state index in [9.17, 15) is 0 Å². The maximum absolute atomic E-state index is 4.93. The fourth-order valence-corrected chi connectivity index (χ4v) is 2.20. The van der Waals surface area contributed by atoms with Crippen LogP contribution in [0.2, 0.25) is 0 Å². The molecule has 5 nitrogen and oxygen atoms in total. The first-order valence-electron chi connectivity index (χ1n) is 5.28. The predicted octanol–water partition coefficient (Wildman–Crippen LogP) is 2.59. The van der Waals surface area contributed by atoms with Gasteiger partial charge in [0.15, 0.2) is 0 Å². The summed E-state index contributed by atoms with van der Waals surface area (Å²) < 4.78 is 7.74. The molecule has 0 aliphatic carbocycles. The second kappa shape index (κ2) is 4.38. The lowest BCUT2D eigenvalue weighted by molar-refractivity contribution is 0.379. The molecule has 0 saturated carbocycles. The fourth-order valence-electron chi connectivity index (χ4n) is 1.75. The summed E-state index contributed by atoms with van der Waals surface area (Å²) in [7, 11) is 1.54. The minimum Gasteiger partial charge on any atom is -0.467 e. The van der Waals surface area contributed by atoms with Crippen molar-refractivity contribution in [3.8, 4) is 11.7 Å². The highest BCUT2D eigenvalue weighted by Gasteiger charge is 2.07. The summed E-state index contributed by atoms with van der Waals surface area (Å²) in [6.45, 7) is 0. The molecule has 0 aliphatic rings. The average Bonchev–Trinajstić information content (AvgIpc) is 2.84. The zero-order chi connectivity index (χ0) is 12.5. The van der Waals surface area contributed by atoms with Crippen LogP contribution in [0, 0.1) is 0 Å². The van der Waals surface area contributed by atoms with Gasteiger partial charge in [-0.15, -0.1) is 0 Å². The minimum absolute atomic E-state index is 0.344. The number of halogens is 1. The summed E-state index contributed by atoms with van der Waals surface area (Å²) in [5.74, 6) is 0. The van der Waals surface area contributed by atoms with Crippen molar-refractivity contribution in [2.24, 2.45) is 0 Å². The van der Waals surface area contributed by atoms with Crippen molar-refractivity contribution >= 4 is 26.8 Å². The molecule has 0 saturated heterocycles. The molecule has 0 spiro atoms. The highest BCUT2D eigenvalue weighted by molar-refractivity contribution is 9.10. The summed E-state index contributed by atoms with van der Waals surface area (Å²) in [5, 5.41) is 5.40. The molecule has 0 fully saturated rings. The Balaban J connectivity index is 2.16. The largest absolute Gasteiger partial charge is 0.467 e. The molecule has 1 aromatic carbocycles. The topological polar surface area (TPSA) is 52.8 Å². The Morgan fingerprint density at radius 3 is 2.67 bits per heavy atom. The summed E-state index contributed by atoms with van der Waals surface area (Å²) in [6.07, 6.45) is 5.17. The van der Waals surface area contributed by atoms with Crippen molar-refractivity contribution in [3.63, 3.8) is 0 Å². The van der Waals surface area contributed by atoms with E-state index in [4.69, 9.17) is 4.74 Å². The van der Waals surface area contributed by atoms with Gasteiger partial charge in [-0.05, 0) is 12.1 Å². The van der Waals surface area contributed by atoms with Crippen LogP contribution in [0.1, 0.15) is 0 Å².